The van der Waals surface area contributed by atoms with Crippen LogP contribution >= 0.6 is 0 Å². The minimum atomic E-state index is -0.274. The molecular weight excluding hydrogens is 384 g/mol. The van der Waals surface area contributed by atoms with Crippen molar-refractivity contribution in [1.29, 1.82) is 0 Å². The Morgan fingerprint density at radius 2 is 1.87 bits per heavy atom. The highest BCUT2D eigenvalue weighted by Gasteiger charge is 2.54. The first-order valence-electron chi connectivity index (χ1n) is 10.2. The largest absolute Gasteiger partial charge is 0.497 e. The van der Waals surface area contributed by atoms with Gasteiger partial charge in [0.25, 0.3) is 11.8 Å². The number of nitrogens with one attached hydrogen (secondary N) is 2. The van der Waals surface area contributed by atoms with Crippen LogP contribution in [0, 0.1) is 11.8 Å². The number of carbonyl (C=O) groups is 2. The van der Waals surface area contributed by atoms with Gasteiger partial charge in [0.05, 0.1) is 32.5 Å². The van der Waals surface area contributed by atoms with E-state index in [4.69, 9.17) is 14.2 Å². The number of amides is 2. The summed E-state index contributed by atoms with van der Waals surface area (Å²) in [5, 5.41) is 5.76. The van der Waals surface area contributed by atoms with Crippen molar-refractivity contribution < 1.29 is 23.8 Å². The third-order valence-corrected chi connectivity index (χ3v) is 6.37. The quantitative estimate of drug-likeness (QED) is 0.790. The van der Waals surface area contributed by atoms with E-state index in [9.17, 15) is 9.59 Å². The Hall–Kier alpha value is -3.06. The third kappa shape index (κ3) is 3.10. The van der Waals surface area contributed by atoms with Crippen LogP contribution in [0.3, 0.4) is 0 Å². The molecule has 2 aromatic rings. The summed E-state index contributed by atoms with van der Waals surface area (Å²) in [5.41, 5.74) is 2.71. The van der Waals surface area contributed by atoms with E-state index in [0.29, 0.717) is 48.5 Å². The lowest BCUT2D eigenvalue weighted by Crippen LogP contribution is -2.30. The number of fused-ring (bicyclic) bond motifs is 2. The van der Waals surface area contributed by atoms with E-state index in [-0.39, 0.29) is 23.8 Å². The summed E-state index contributed by atoms with van der Waals surface area (Å²) in [6.07, 6.45) is 0. The van der Waals surface area contributed by atoms with E-state index in [1.165, 1.54) is 0 Å². The topological polar surface area (TPSA) is 85.9 Å². The molecule has 0 radical (unpaired) electrons. The summed E-state index contributed by atoms with van der Waals surface area (Å²) in [6, 6.07) is 11.4. The van der Waals surface area contributed by atoms with Crippen LogP contribution in [0.15, 0.2) is 36.4 Å². The highest BCUT2D eigenvalue weighted by Crippen LogP contribution is 2.45. The van der Waals surface area contributed by atoms with E-state index in [1.807, 2.05) is 30.3 Å². The van der Waals surface area contributed by atoms with Crippen LogP contribution in [0.25, 0.3) is 0 Å². The van der Waals surface area contributed by atoms with Gasteiger partial charge in [0, 0.05) is 42.0 Å². The number of rotatable bonds is 5. The van der Waals surface area contributed by atoms with E-state index in [2.05, 4.69) is 10.6 Å². The Morgan fingerprint density at radius 1 is 1.07 bits per heavy atom. The lowest BCUT2D eigenvalue weighted by Gasteiger charge is -2.14. The monoisotopic (exact) mass is 408 g/mol. The average Bonchev–Trinajstić information content (AvgIpc) is 3.15. The van der Waals surface area contributed by atoms with Crippen molar-refractivity contribution in [2.45, 2.75) is 12.0 Å². The van der Waals surface area contributed by atoms with Gasteiger partial charge < -0.3 is 24.8 Å². The normalized spacial score (nSPS) is 25.7. The van der Waals surface area contributed by atoms with Crippen LogP contribution in [-0.4, -0.2) is 51.8 Å². The second-order valence-corrected chi connectivity index (χ2v) is 8.03. The third-order valence-electron chi connectivity index (χ3n) is 6.37. The molecule has 2 aromatic carbocycles. The minimum absolute atomic E-state index is 0.0834. The van der Waals surface area contributed by atoms with Crippen molar-refractivity contribution in [3.8, 4) is 11.5 Å². The first-order valence-corrected chi connectivity index (χ1v) is 10.2. The summed E-state index contributed by atoms with van der Waals surface area (Å²) in [7, 11) is 3.20. The van der Waals surface area contributed by atoms with Crippen molar-refractivity contribution >= 4 is 11.8 Å². The summed E-state index contributed by atoms with van der Waals surface area (Å²) in [4.78, 5) is 25.5. The summed E-state index contributed by atoms with van der Waals surface area (Å²) >= 11 is 0. The van der Waals surface area contributed by atoms with Crippen LogP contribution in [-0.2, 0) is 4.74 Å². The Balaban J connectivity index is 1.50. The molecule has 1 saturated carbocycles. The van der Waals surface area contributed by atoms with Gasteiger partial charge in [0.2, 0.25) is 0 Å². The molecular formula is C23H24N2O5. The van der Waals surface area contributed by atoms with Gasteiger partial charge in [-0.3, -0.25) is 9.59 Å². The molecule has 2 amide bonds. The van der Waals surface area contributed by atoms with E-state index < -0.39 is 0 Å². The van der Waals surface area contributed by atoms with Crippen LogP contribution in [0.1, 0.15) is 37.8 Å². The predicted octanol–water partition coefficient (Wildman–Crippen LogP) is 1.95. The van der Waals surface area contributed by atoms with Crippen molar-refractivity contribution in [3.63, 3.8) is 0 Å². The standard InChI is InChI=1S/C23H24N2O5/c1-24-23(27)16-8-13(22(26)25-20-18-9-29-10-19(18)20)7-15-17(11-30-21(15)16)12-4-3-5-14(6-12)28-2/h3-8,17-20H,9-11H2,1-2H3,(H,24,27)(H,25,26)/t17?,18-,19+,20?. The molecule has 2 unspecified atom stereocenters. The Labute approximate surface area is 174 Å². The molecule has 0 bridgehead atoms. The number of methoxy groups -OCH3 is 1. The molecule has 7 heteroatoms. The molecule has 7 nitrogen and oxygen atoms in total. The molecule has 1 aliphatic carbocycles. The zero-order valence-corrected chi connectivity index (χ0v) is 16.9. The highest BCUT2D eigenvalue weighted by molar-refractivity contribution is 6.02. The highest BCUT2D eigenvalue weighted by atomic mass is 16.5. The molecule has 0 spiro atoms. The first-order chi connectivity index (χ1) is 14.6. The molecule has 156 valence electrons. The number of benzene rings is 2. The minimum Gasteiger partial charge on any atom is -0.497 e. The second-order valence-electron chi connectivity index (χ2n) is 8.03. The summed E-state index contributed by atoms with van der Waals surface area (Å²) in [5.74, 6) is 1.59. The Morgan fingerprint density at radius 3 is 2.60 bits per heavy atom. The fourth-order valence-electron chi connectivity index (χ4n) is 4.58. The number of hydrogen-bond acceptors (Lipinski definition) is 5. The molecule has 5 rings (SSSR count). The van der Waals surface area contributed by atoms with Gasteiger partial charge in [-0.1, -0.05) is 12.1 Å². The Bertz CT molecular complexity index is 1010. The summed E-state index contributed by atoms with van der Waals surface area (Å²) < 4.78 is 16.7. The molecule has 30 heavy (non-hydrogen) atoms. The number of ether oxygens (including phenoxy) is 3. The van der Waals surface area contributed by atoms with Gasteiger partial charge >= 0.3 is 0 Å². The second kappa shape index (κ2) is 7.32. The van der Waals surface area contributed by atoms with Gasteiger partial charge in [-0.05, 0) is 29.8 Å². The SMILES string of the molecule is CNC(=O)c1cc(C(=O)NC2[C@H]3COC[C@@H]23)cc2c1OCC2c1cccc(OC)c1. The zero-order chi connectivity index (χ0) is 20.8. The van der Waals surface area contributed by atoms with Crippen LogP contribution in [0.4, 0.5) is 0 Å². The van der Waals surface area contributed by atoms with Gasteiger partial charge in [0.1, 0.15) is 11.5 Å². The predicted molar refractivity (Wildman–Crippen MR) is 109 cm³/mol. The fourth-order valence-corrected chi connectivity index (χ4v) is 4.58. The van der Waals surface area contributed by atoms with Crippen molar-refractivity contribution in [3.05, 3.63) is 58.7 Å². The van der Waals surface area contributed by atoms with Crippen molar-refractivity contribution in [2.75, 3.05) is 34.0 Å². The molecule has 2 N–H and O–H groups in total. The molecule has 1 saturated heterocycles. The number of carbonyl (C=O) groups excluding carboxylic acids is 2. The number of hydrogen-bond donors (Lipinski definition) is 2. The van der Waals surface area contributed by atoms with E-state index >= 15 is 0 Å². The maximum Gasteiger partial charge on any atom is 0.254 e. The smallest absolute Gasteiger partial charge is 0.254 e. The van der Waals surface area contributed by atoms with E-state index in [0.717, 1.165) is 16.9 Å². The van der Waals surface area contributed by atoms with E-state index in [1.54, 1.807) is 20.2 Å². The molecule has 0 aromatic heterocycles. The van der Waals surface area contributed by atoms with Crippen LogP contribution in [0.5, 0.6) is 11.5 Å². The zero-order valence-electron chi connectivity index (χ0n) is 16.9. The maximum atomic E-state index is 13.0. The molecule has 2 fully saturated rings. The van der Waals surface area contributed by atoms with Crippen molar-refractivity contribution in [1.82, 2.24) is 10.6 Å². The van der Waals surface area contributed by atoms with Crippen LogP contribution < -0.4 is 20.1 Å². The lowest BCUT2D eigenvalue weighted by atomic mass is 9.90. The van der Waals surface area contributed by atoms with Gasteiger partial charge in [-0.15, -0.1) is 0 Å². The lowest BCUT2D eigenvalue weighted by molar-refractivity contribution is 0.0929. The summed E-state index contributed by atoms with van der Waals surface area (Å²) in [6.45, 7) is 1.81. The van der Waals surface area contributed by atoms with Gasteiger partial charge in [-0.2, -0.15) is 0 Å². The molecule has 3 aliphatic rings. The van der Waals surface area contributed by atoms with Gasteiger partial charge in [0.15, 0.2) is 0 Å². The Kier molecular flexibility index (Phi) is 4.62. The van der Waals surface area contributed by atoms with Crippen molar-refractivity contribution in [2.24, 2.45) is 11.8 Å². The van der Waals surface area contributed by atoms with Gasteiger partial charge in [-0.25, -0.2) is 0 Å². The average molecular weight is 408 g/mol. The molecule has 2 heterocycles. The van der Waals surface area contributed by atoms with Crippen LogP contribution in [0.2, 0.25) is 0 Å². The first kappa shape index (κ1) is 18.9. The fraction of sp³-hybridized carbons (Fsp3) is 0.391. The maximum absolute atomic E-state index is 13.0. The molecule has 2 aliphatic heterocycles. The molecule has 4 atom stereocenters.